The Morgan fingerprint density at radius 1 is 1.00 bits per heavy atom. The van der Waals surface area contributed by atoms with Crippen LogP contribution in [0, 0.1) is 0 Å². The quantitative estimate of drug-likeness (QED) is 0.425. The number of amides is 1. The highest BCUT2D eigenvalue weighted by molar-refractivity contribution is 6.88. The minimum atomic E-state index is -1.59. The molecule has 1 N–H and O–H groups in total. The lowest BCUT2D eigenvalue weighted by molar-refractivity contribution is -0.116. The number of nitrogens with one attached hydrogen (secondary N) is 1. The zero-order valence-electron chi connectivity index (χ0n) is 15.0. The van der Waals surface area contributed by atoms with Crippen LogP contribution >= 0.6 is 0 Å². The van der Waals surface area contributed by atoms with Crippen LogP contribution in [0.2, 0.25) is 19.6 Å². The molecule has 0 aliphatic carbocycles. The third-order valence-corrected chi connectivity index (χ3v) is 6.01. The maximum absolute atomic E-state index is 11.9. The number of benzene rings is 1. The molecule has 5 heteroatoms. The van der Waals surface area contributed by atoms with E-state index in [0.29, 0.717) is 12.8 Å². The van der Waals surface area contributed by atoms with Gasteiger partial charge in [-0.15, -0.1) is 0 Å². The van der Waals surface area contributed by atoms with Gasteiger partial charge in [0.25, 0.3) is 6.08 Å². The van der Waals surface area contributed by atoms with Gasteiger partial charge in [-0.1, -0.05) is 56.2 Å². The lowest BCUT2D eigenvalue weighted by Gasteiger charge is -2.16. The Morgan fingerprint density at radius 3 is 2.17 bits per heavy atom. The van der Waals surface area contributed by atoms with Crippen molar-refractivity contribution in [1.82, 2.24) is 0 Å². The molecule has 1 aromatic carbocycles. The van der Waals surface area contributed by atoms with Gasteiger partial charge in [0, 0.05) is 12.1 Å². The second kappa shape index (κ2) is 10.4. The summed E-state index contributed by atoms with van der Waals surface area (Å²) in [5.74, 6) is 0.0400. The molecule has 0 bridgehead atoms. The van der Waals surface area contributed by atoms with Crippen molar-refractivity contribution < 1.29 is 13.6 Å². The fourth-order valence-electron chi connectivity index (χ4n) is 2.45. The van der Waals surface area contributed by atoms with Crippen LogP contribution in [0.5, 0.6) is 0 Å². The van der Waals surface area contributed by atoms with E-state index in [1.807, 2.05) is 12.1 Å². The first-order chi connectivity index (χ1) is 11.3. The van der Waals surface area contributed by atoms with Crippen LogP contribution in [-0.2, 0) is 4.79 Å². The summed E-state index contributed by atoms with van der Waals surface area (Å²) in [6.45, 7) is 6.89. The summed E-state index contributed by atoms with van der Waals surface area (Å²) in [7, 11) is -1.30. The van der Waals surface area contributed by atoms with Crippen molar-refractivity contribution in [2.75, 3.05) is 5.32 Å². The monoisotopic (exact) mass is 353 g/mol. The maximum Gasteiger partial charge on any atom is 0.266 e. The Morgan fingerprint density at radius 2 is 1.58 bits per heavy atom. The highest BCUT2D eigenvalue weighted by atomic mass is 28.3. The predicted octanol–water partition coefficient (Wildman–Crippen LogP) is 5.68. The molecular weight excluding hydrogens is 324 g/mol. The number of hydrogen-bond donors (Lipinski definition) is 1. The van der Waals surface area contributed by atoms with Gasteiger partial charge < -0.3 is 5.32 Å². The Hall–Kier alpha value is -1.49. The molecule has 0 spiro atoms. The van der Waals surface area contributed by atoms with E-state index in [2.05, 4.69) is 37.1 Å². The number of allylic oxidation sites excluding steroid dienone is 1. The number of anilines is 1. The minimum Gasteiger partial charge on any atom is -0.326 e. The molecule has 0 fully saturated rings. The summed E-state index contributed by atoms with van der Waals surface area (Å²) in [5, 5.41) is 4.31. The number of halogens is 2. The van der Waals surface area contributed by atoms with Gasteiger partial charge in [0.05, 0.1) is 8.07 Å². The van der Waals surface area contributed by atoms with Crippen molar-refractivity contribution in [3.63, 3.8) is 0 Å². The van der Waals surface area contributed by atoms with Crippen molar-refractivity contribution in [2.24, 2.45) is 0 Å². The van der Waals surface area contributed by atoms with Crippen LogP contribution in [0.4, 0.5) is 14.5 Å². The molecule has 0 saturated heterocycles. The van der Waals surface area contributed by atoms with Gasteiger partial charge in [-0.05, 0) is 37.5 Å². The summed E-state index contributed by atoms with van der Waals surface area (Å²) in [4.78, 5) is 11.9. The lowest BCUT2D eigenvalue weighted by atomic mass is 10.1. The maximum atomic E-state index is 11.9. The first kappa shape index (κ1) is 20.6. The number of carbonyl (C=O) groups is 1. The van der Waals surface area contributed by atoms with Gasteiger partial charge in [-0.2, -0.15) is 8.78 Å². The molecule has 0 unspecified atom stereocenters. The Bertz CT molecular complexity index is 531. The molecule has 0 aromatic heterocycles. The fraction of sp³-hybridized carbons (Fsp3) is 0.526. The van der Waals surface area contributed by atoms with E-state index in [9.17, 15) is 13.6 Å². The molecule has 0 aliphatic heterocycles. The van der Waals surface area contributed by atoms with Crippen LogP contribution < -0.4 is 10.5 Å². The average Bonchev–Trinajstić information content (AvgIpc) is 2.49. The lowest BCUT2D eigenvalue weighted by Crippen LogP contribution is -2.37. The largest absolute Gasteiger partial charge is 0.326 e. The molecule has 2 nitrogen and oxygen atoms in total. The summed E-state index contributed by atoms with van der Waals surface area (Å²) in [6.07, 6.45) is 4.84. The van der Waals surface area contributed by atoms with Gasteiger partial charge in [0.15, 0.2) is 0 Å². The smallest absolute Gasteiger partial charge is 0.266 e. The van der Waals surface area contributed by atoms with Crippen LogP contribution in [-0.4, -0.2) is 14.0 Å². The SMILES string of the molecule is C[Si](C)(C)c1ccc(NC(=O)CCCCCCCC=C(F)F)cc1. The molecule has 0 saturated carbocycles. The normalized spacial score (nSPS) is 11.2. The van der Waals surface area contributed by atoms with E-state index in [1.165, 1.54) is 5.19 Å². The zero-order valence-corrected chi connectivity index (χ0v) is 16.0. The third-order valence-electron chi connectivity index (χ3n) is 3.94. The first-order valence-electron chi connectivity index (χ1n) is 8.70. The summed E-state index contributed by atoms with van der Waals surface area (Å²) in [5.41, 5.74) is 0.849. The molecule has 0 aliphatic rings. The number of unbranched alkanes of at least 4 members (excludes halogenated alkanes) is 5. The van der Waals surface area contributed by atoms with Crippen molar-refractivity contribution in [3.05, 3.63) is 36.4 Å². The van der Waals surface area contributed by atoms with Crippen molar-refractivity contribution >= 4 is 24.9 Å². The topological polar surface area (TPSA) is 29.1 Å². The summed E-state index contributed by atoms with van der Waals surface area (Å²) < 4.78 is 23.7. The molecular formula is C19H29F2NOSi. The highest BCUT2D eigenvalue weighted by Gasteiger charge is 2.15. The van der Waals surface area contributed by atoms with E-state index >= 15 is 0 Å². The van der Waals surface area contributed by atoms with E-state index in [0.717, 1.165) is 43.9 Å². The van der Waals surface area contributed by atoms with Crippen molar-refractivity contribution in [2.45, 2.75) is 64.6 Å². The van der Waals surface area contributed by atoms with Crippen LogP contribution in [0.3, 0.4) is 0 Å². The highest BCUT2D eigenvalue weighted by Crippen LogP contribution is 2.12. The van der Waals surface area contributed by atoms with Crippen molar-refractivity contribution in [1.29, 1.82) is 0 Å². The second-order valence-electron chi connectivity index (χ2n) is 7.18. The van der Waals surface area contributed by atoms with Gasteiger partial charge in [0.1, 0.15) is 0 Å². The molecule has 1 rings (SSSR count). The predicted molar refractivity (Wildman–Crippen MR) is 101 cm³/mol. The number of rotatable bonds is 10. The van der Waals surface area contributed by atoms with Gasteiger partial charge in [-0.25, -0.2) is 0 Å². The van der Waals surface area contributed by atoms with E-state index in [1.54, 1.807) is 0 Å². The molecule has 0 heterocycles. The van der Waals surface area contributed by atoms with Gasteiger partial charge in [-0.3, -0.25) is 4.79 Å². The van der Waals surface area contributed by atoms with Crippen LogP contribution in [0.1, 0.15) is 44.9 Å². The first-order valence-corrected chi connectivity index (χ1v) is 12.2. The Balaban J connectivity index is 2.17. The van der Waals surface area contributed by atoms with Gasteiger partial charge in [0.2, 0.25) is 5.91 Å². The zero-order chi connectivity index (χ0) is 18.0. The Kier molecular flexibility index (Phi) is 8.90. The van der Waals surface area contributed by atoms with Crippen molar-refractivity contribution in [3.8, 4) is 0 Å². The number of hydrogen-bond acceptors (Lipinski definition) is 1. The standard InChI is InChI=1S/C19H29F2NOSi/c1-24(2,3)17-14-12-16(13-15-17)22-19(23)11-9-7-5-4-6-8-10-18(20)21/h10,12-15H,4-9,11H2,1-3H3,(H,22,23). The third kappa shape index (κ3) is 8.96. The minimum absolute atomic E-state index is 0.0400. The summed E-state index contributed by atoms with van der Waals surface area (Å²) in [6, 6.07) is 8.17. The van der Waals surface area contributed by atoms with Crippen LogP contribution in [0.15, 0.2) is 36.4 Å². The van der Waals surface area contributed by atoms with E-state index < -0.39 is 14.2 Å². The molecule has 134 valence electrons. The molecule has 24 heavy (non-hydrogen) atoms. The molecule has 1 amide bonds. The Labute approximate surface area is 145 Å². The van der Waals surface area contributed by atoms with E-state index in [-0.39, 0.29) is 5.91 Å². The second-order valence-corrected chi connectivity index (χ2v) is 12.3. The summed E-state index contributed by atoms with van der Waals surface area (Å²) >= 11 is 0. The van der Waals surface area contributed by atoms with Gasteiger partial charge >= 0.3 is 0 Å². The molecule has 0 radical (unpaired) electrons. The number of carbonyl (C=O) groups excluding carboxylic acids is 1. The average molecular weight is 354 g/mol. The molecule has 1 aromatic rings. The van der Waals surface area contributed by atoms with E-state index in [4.69, 9.17) is 0 Å². The van der Waals surface area contributed by atoms with Crippen LogP contribution in [0.25, 0.3) is 0 Å². The fourth-order valence-corrected chi connectivity index (χ4v) is 3.62. The molecule has 0 atom stereocenters.